The van der Waals surface area contributed by atoms with Crippen molar-refractivity contribution in [2.75, 3.05) is 0 Å². The molecule has 26 heavy (non-hydrogen) atoms. The molecule has 0 spiro atoms. The van der Waals surface area contributed by atoms with Gasteiger partial charge < -0.3 is 17.0 Å². The molecule has 6 heteroatoms. The summed E-state index contributed by atoms with van der Waals surface area (Å²) in [5.74, 6) is 1.09. The normalized spacial score (nSPS) is 11.7. The van der Waals surface area contributed by atoms with Gasteiger partial charge in [-0.15, -0.1) is 0 Å². The van der Waals surface area contributed by atoms with Gasteiger partial charge in [0.2, 0.25) is 0 Å². The number of hydrogen-bond acceptors (Lipinski definition) is 3. The molecule has 0 N–H and O–H groups in total. The van der Waals surface area contributed by atoms with Gasteiger partial charge in [0.15, 0.2) is 17.2 Å². The maximum absolute atomic E-state index is 13.0. The second kappa shape index (κ2) is 7.61. The fourth-order valence-electron chi connectivity index (χ4n) is 3.08. The predicted octanol–water partition coefficient (Wildman–Crippen LogP) is 0.612. The van der Waals surface area contributed by atoms with Crippen molar-refractivity contribution >= 4 is 37.4 Å². The van der Waals surface area contributed by atoms with Crippen molar-refractivity contribution in [2.24, 2.45) is 12.5 Å². The van der Waals surface area contributed by atoms with Crippen molar-refractivity contribution in [3.8, 4) is 0 Å². The van der Waals surface area contributed by atoms with E-state index < -0.39 is 5.41 Å². The first-order valence-corrected chi connectivity index (χ1v) is 9.53. The van der Waals surface area contributed by atoms with E-state index in [9.17, 15) is 9.59 Å². The maximum Gasteiger partial charge on any atom is 0.346 e. The summed E-state index contributed by atoms with van der Waals surface area (Å²) >= 11 is 1.60. The van der Waals surface area contributed by atoms with Crippen LogP contribution >= 0.6 is 11.3 Å². The fourth-order valence-corrected chi connectivity index (χ4v) is 4.30. The van der Waals surface area contributed by atoms with E-state index in [-0.39, 0.29) is 28.3 Å². The lowest BCUT2D eigenvalue weighted by molar-refractivity contribution is -0.669. The highest BCUT2D eigenvalue weighted by Crippen LogP contribution is 2.30. The topological polar surface area (TPSA) is 43.0 Å². The first kappa shape index (κ1) is 20.8. The third-order valence-electron chi connectivity index (χ3n) is 4.65. The monoisotopic (exact) mass is 436 g/mol. The minimum absolute atomic E-state index is 0. The van der Waals surface area contributed by atoms with Gasteiger partial charge in [0.25, 0.3) is 5.82 Å². The highest BCUT2D eigenvalue weighted by Gasteiger charge is 2.29. The minimum atomic E-state index is -0.409. The van der Waals surface area contributed by atoms with Crippen LogP contribution in [0.1, 0.15) is 39.9 Å². The van der Waals surface area contributed by atoms with E-state index in [2.05, 4.69) is 11.5 Å². The van der Waals surface area contributed by atoms with Crippen molar-refractivity contribution in [2.45, 2.75) is 47.1 Å². The number of Topliss-reactive ketones (excluding diaryl/α,β-unsaturated/α-hetero) is 1. The molecule has 2 aromatic heterocycles. The highest BCUT2D eigenvalue weighted by atomic mass is 79.9. The predicted molar refractivity (Wildman–Crippen MR) is 103 cm³/mol. The van der Waals surface area contributed by atoms with Gasteiger partial charge in [-0.3, -0.25) is 4.79 Å². The summed E-state index contributed by atoms with van der Waals surface area (Å²) in [4.78, 5) is 26.7. The zero-order chi connectivity index (χ0) is 18.4. The number of aromatic nitrogens is 2. The van der Waals surface area contributed by atoms with E-state index in [1.807, 2.05) is 52.1 Å². The van der Waals surface area contributed by atoms with Crippen LogP contribution in [-0.4, -0.2) is 10.4 Å². The molecule has 0 fully saturated rings. The Bertz CT molecular complexity index is 1030. The van der Waals surface area contributed by atoms with E-state index in [0.717, 1.165) is 39.0 Å². The van der Waals surface area contributed by atoms with E-state index in [1.165, 1.54) is 0 Å². The lowest BCUT2D eigenvalue weighted by Gasteiger charge is -2.17. The summed E-state index contributed by atoms with van der Waals surface area (Å²) in [7, 11) is 1.82. The number of rotatable bonds is 4. The molecule has 140 valence electrons. The summed E-state index contributed by atoms with van der Waals surface area (Å²) in [5, 5.41) is 1.70. The summed E-state index contributed by atoms with van der Waals surface area (Å²) in [5.41, 5.74) is -0.385. The van der Waals surface area contributed by atoms with Gasteiger partial charge in [0, 0.05) is 21.9 Å². The summed E-state index contributed by atoms with van der Waals surface area (Å²) in [6.07, 6.45) is 1.70. The molecule has 0 aliphatic heterocycles. The van der Waals surface area contributed by atoms with Crippen molar-refractivity contribution in [3.05, 3.63) is 40.4 Å². The third kappa shape index (κ3) is 3.49. The number of carbonyl (C=O) groups is 1. The Morgan fingerprint density at radius 2 is 1.88 bits per heavy atom. The van der Waals surface area contributed by atoms with Crippen molar-refractivity contribution in [1.29, 1.82) is 0 Å². The summed E-state index contributed by atoms with van der Waals surface area (Å²) in [6.45, 7) is 8.23. The molecule has 4 nitrogen and oxygen atoms in total. The quantitative estimate of drug-likeness (QED) is 0.562. The largest absolute Gasteiger partial charge is 1.00 e. The average molecular weight is 437 g/mol. The Labute approximate surface area is 168 Å². The molecule has 3 aromatic rings. The van der Waals surface area contributed by atoms with Gasteiger partial charge in [0.05, 0.1) is 7.05 Å². The van der Waals surface area contributed by atoms with Crippen LogP contribution in [0.3, 0.4) is 0 Å². The third-order valence-corrected chi connectivity index (χ3v) is 5.84. The number of thiophene rings is 1. The number of ketones is 1. The van der Waals surface area contributed by atoms with Crippen LogP contribution in [0.15, 0.2) is 29.1 Å². The van der Waals surface area contributed by atoms with Crippen LogP contribution in [-0.2, 0) is 24.8 Å². The van der Waals surface area contributed by atoms with Crippen LogP contribution in [0.2, 0.25) is 0 Å². The SMILES string of the molecule is CCCc1n(C)c(=O)c2c3ccccc3sc2[n+]1CC(=O)C(C)(C)C.[Br-]. The number of nitrogens with zero attached hydrogens (tertiary/aromatic N) is 2. The molecule has 0 amide bonds. The number of carbonyl (C=O) groups excluding carboxylic acids is 1. The molecular weight excluding hydrogens is 412 g/mol. The second-order valence-electron chi connectivity index (χ2n) is 7.57. The fraction of sp³-hybridized carbons (Fsp3) is 0.450. The molecule has 0 atom stereocenters. The Morgan fingerprint density at radius 3 is 2.50 bits per heavy atom. The molecule has 0 unspecified atom stereocenters. The van der Waals surface area contributed by atoms with Gasteiger partial charge >= 0.3 is 5.56 Å². The molecule has 0 aliphatic carbocycles. The first-order valence-electron chi connectivity index (χ1n) is 8.72. The Hall–Kier alpha value is -1.53. The molecular formula is C20H25BrN2O2S. The van der Waals surface area contributed by atoms with Gasteiger partial charge in [-0.1, -0.05) is 57.2 Å². The van der Waals surface area contributed by atoms with Crippen molar-refractivity contribution < 1.29 is 26.3 Å². The van der Waals surface area contributed by atoms with Gasteiger partial charge in [-0.2, -0.15) is 4.57 Å². The van der Waals surface area contributed by atoms with Crippen LogP contribution in [0.25, 0.3) is 20.3 Å². The van der Waals surface area contributed by atoms with E-state index in [1.54, 1.807) is 15.9 Å². The van der Waals surface area contributed by atoms with Crippen LogP contribution < -0.4 is 27.1 Å². The van der Waals surface area contributed by atoms with Crippen LogP contribution in [0, 0.1) is 5.41 Å². The van der Waals surface area contributed by atoms with Crippen molar-refractivity contribution in [3.63, 3.8) is 0 Å². The molecule has 0 saturated carbocycles. The lowest BCUT2D eigenvalue weighted by Crippen LogP contribution is -3.00. The minimum Gasteiger partial charge on any atom is -1.00 e. The summed E-state index contributed by atoms with van der Waals surface area (Å²) < 4.78 is 4.87. The Morgan fingerprint density at radius 1 is 1.23 bits per heavy atom. The van der Waals surface area contributed by atoms with E-state index in [0.29, 0.717) is 6.54 Å². The number of benzene rings is 1. The lowest BCUT2D eigenvalue weighted by atomic mass is 9.91. The molecule has 2 heterocycles. The Balaban J connectivity index is 0.00000243. The first-order chi connectivity index (χ1) is 11.8. The number of fused-ring (bicyclic) bond motifs is 3. The van der Waals surface area contributed by atoms with Gasteiger partial charge in [-0.25, -0.2) is 9.36 Å². The molecule has 1 aromatic carbocycles. The summed E-state index contributed by atoms with van der Waals surface area (Å²) in [6, 6.07) is 7.97. The van der Waals surface area contributed by atoms with E-state index in [4.69, 9.17) is 0 Å². The Kier molecular flexibility index (Phi) is 6.08. The van der Waals surface area contributed by atoms with Crippen molar-refractivity contribution in [1.82, 2.24) is 4.57 Å². The van der Waals surface area contributed by atoms with Crippen LogP contribution in [0.4, 0.5) is 0 Å². The smallest absolute Gasteiger partial charge is 0.346 e. The second-order valence-corrected chi connectivity index (χ2v) is 8.60. The van der Waals surface area contributed by atoms with Crippen LogP contribution in [0.5, 0.6) is 0 Å². The zero-order valence-electron chi connectivity index (χ0n) is 15.9. The molecule has 3 rings (SSSR count). The molecule has 0 saturated heterocycles. The van der Waals surface area contributed by atoms with E-state index >= 15 is 0 Å². The molecule has 0 bridgehead atoms. The zero-order valence-corrected chi connectivity index (χ0v) is 18.3. The molecule has 0 radical (unpaired) electrons. The van der Waals surface area contributed by atoms with Gasteiger partial charge in [-0.05, 0) is 12.5 Å². The number of halogens is 1. The highest BCUT2D eigenvalue weighted by molar-refractivity contribution is 7.25. The maximum atomic E-state index is 13.0. The average Bonchev–Trinajstić information content (AvgIpc) is 2.94. The number of hydrogen-bond donors (Lipinski definition) is 0. The standard InChI is InChI=1S/C20H25N2O2S.BrH/c1-6-9-16-21(5)18(24)17-13-10-7-8-11-14(13)25-19(17)22(16)12-15(23)20(2,3)4;/h7-8,10-11H,6,9,12H2,1-5H3;1H/q+1;/p-1. The molecule has 0 aliphatic rings. The van der Waals surface area contributed by atoms with Gasteiger partial charge in [0.1, 0.15) is 5.39 Å².